The van der Waals surface area contributed by atoms with Gasteiger partial charge in [-0.3, -0.25) is 15.0 Å². The number of carbonyl (C=O) groups excluding carboxylic acids is 2. The van der Waals surface area contributed by atoms with Crippen molar-refractivity contribution in [3.63, 3.8) is 0 Å². The SMILES string of the molecule is COc1cc(C=C[C@H]2C3=CCn4c(=O)n(-c5ccccc5)c(=O)n4[C@@H]3C[C@H]3C(=O)N(Nc4ccc(C)cc4)C(=O)[C@@]23c2ccccc2)cc(OC)c1O. The van der Waals surface area contributed by atoms with E-state index in [1.54, 1.807) is 48.5 Å². The Morgan fingerprint density at radius 2 is 1.49 bits per heavy atom. The van der Waals surface area contributed by atoms with E-state index in [0.29, 0.717) is 22.5 Å². The summed E-state index contributed by atoms with van der Waals surface area (Å²) in [5, 5.41) is 11.7. The predicted molar refractivity (Wildman–Crippen MR) is 198 cm³/mol. The number of nitrogens with zero attached hydrogens (tertiary/aromatic N) is 4. The monoisotopic (exact) mass is 711 g/mol. The number of para-hydroxylation sites is 1. The van der Waals surface area contributed by atoms with Crippen molar-refractivity contribution in [3.05, 3.63) is 152 Å². The van der Waals surface area contributed by atoms with Crippen molar-refractivity contribution in [2.45, 2.75) is 31.3 Å². The molecule has 5 aromatic rings. The Hall–Kier alpha value is -6.56. The highest BCUT2D eigenvalue weighted by Crippen LogP contribution is 2.59. The van der Waals surface area contributed by atoms with Crippen molar-refractivity contribution in [1.82, 2.24) is 18.9 Å². The lowest BCUT2D eigenvalue weighted by Crippen LogP contribution is -2.54. The molecule has 1 saturated carbocycles. The number of aryl methyl sites for hydroxylation is 1. The van der Waals surface area contributed by atoms with Gasteiger partial charge in [0.2, 0.25) is 5.75 Å². The highest BCUT2D eigenvalue weighted by atomic mass is 16.5. The number of methoxy groups -OCH3 is 2. The molecule has 3 heterocycles. The average molecular weight is 712 g/mol. The number of aromatic nitrogens is 3. The number of amides is 2. The fraction of sp³-hybridized carbons (Fsp3) is 0.220. The molecule has 1 saturated heterocycles. The number of hydrogen-bond acceptors (Lipinski definition) is 8. The molecule has 268 valence electrons. The molecule has 8 rings (SSSR count). The van der Waals surface area contributed by atoms with Gasteiger partial charge in [0.1, 0.15) is 0 Å². The Balaban J connectivity index is 1.35. The van der Waals surface area contributed by atoms with Crippen LogP contribution in [0.25, 0.3) is 11.8 Å². The highest BCUT2D eigenvalue weighted by Gasteiger charge is 2.68. The maximum atomic E-state index is 15.2. The number of anilines is 1. The molecule has 2 N–H and O–H groups in total. The minimum Gasteiger partial charge on any atom is -0.502 e. The highest BCUT2D eigenvalue weighted by molar-refractivity contribution is 6.12. The van der Waals surface area contributed by atoms with Gasteiger partial charge < -0.3 is 14.6 Å². The van der Waals surface area contributed by atoms with Gasteiger partial charge >= 0.3 is 11.4 Å². The van der Waals surface area contributed by atoms with Gasteiger partial charge in [0, 0.05) is 5.92 Å². The number of carbonyl (C=O) groups is 2. The number of aromatic hydroxyl groups is 1. The normalized spacial score (nSPS) is 21.9. The fourth-order valence-corrected chi connectivity index (χ4v) is 8.27. The van der Waals surface area contributed by atoms with Crippen LogP contribution in [0.5, 0.6) is 17.2 Å². The summed E-state index contributed by atoms with van der Waals surface area (Å²) in [4.78, 5) is 58.1. The summed E-state index contributed by atoms with van der Waals surface area (Å²) in [7, 11) is 2.87. The van der Waals surface area contributed by atoms with Gasteiger partial charge in [-0.1, -0.05) is 84.5 Å². The van der Waals surface area contributed by atoms with E-state index in [9.17, 15) is 19.5 Å². The van der Waals surface area contributed by atoms with Crippen molar-refractivity contribution < 1.29 is 24.2 Å². The topological polar surface area (TPSA) is 137 Å². The molecule has 1 aliphatic carbocycles. The zero-order chi connectivity index (χ0) is 37.0. The molecule has 0 spiro atoms. The van der Waals surface area contributed by atoms with Crippen LogP contribution in [0.4, 0.5) is 5.69 Å². The van der Waals surface area contributed by atoms with Gasteiger partial charge in [0.05, 0.1) is 49.5 Å². The van der Waals surface area contributed by atoms with E-state index in [-0.39, 0.29) is 30.2 Å². The second-order valence-corrected chi connectivity index (χ2v) is 13.5. The third-order valence-electron chi connectivity index (χ3n) is 10.7. The van der Waals surface area contributed by atoms with E-state index in [1.807, 2.05) is 73.7 Å². The van der Waals surface area contributed by atoms with E-state index in [1.165, 1.54) is 23.6 Å². The molecule has 2 aliphatic heterocycles. The van der Waals surface area contributed by atoms with E-state index in [2.05, 4.69) is 5.43 Å². The molecular formula is C41H37N5O7. The lowest BCUT2D eigenvalue weighted by Gasteiger charge is -2.47. The van der Waals surface area contributed by atoms with Gasteiger partial charge in [-0.2, -0.15) is 5.01 Å². The number of hydrogen-bond donors (Lipinski definition) is 2. The first kappa shape index (κ1) is 33.6. The van der Waals surface area contributed by atoms with Crippen molar-refractivity contribution in [1.29, 1.82) is 0 Å². The molecule has 4 aromatic carbocycles. The van der Waals surface area contributed by atoms with E-state index in [0.717, 1.165) is 20.7 Å². The minimum atomic E-state index is -1.44. The molecule has 0 radical (unpaired) electrons. The first-order chi connectivity index (χ1) is 25.7. The third kappa shape index (κ3) is 5.12. The largest absolute Gasteiger partial charge is 0.502 e. The number of fused-ring (bicyclic) bond motifs is 4. The zero-order valence-electron chi connectivity index (χ0n) is 29.3. The summed E-state index contributed by atoms with van der Waals surface area (Å²) in [5.74, 6) is -2.37. The summed E-state index contributed by atoms with van der Waals surface area (Å²) in [6, 6.07) is 27.9. The fourth-order valence-electron chi connectivity index (χ4n) is 8.27. The van der Waals surface area contributed by atoms with Crippen molar-refractivity contribution in [2.24, 2.45) is 11.8 Å². The second-order valence-electron chi connectivity index (χ2n) is 13.5. The third-order valence-corrected chi connectivity index (χ3v) is 10.7. The Morgan fingerprint density at radius 3 is 2.13 bits per heavy atom. The first-order valence-corrected chi connectivity index (χ1v) is 17.3. The van der Waals surface area contributed by atoms with Crippen LogP contribution in [0.2, 0.25) is 0 Å². The molecule has 2 amide bonds. The van der Waals surface area contributed by atoms with Crippen LogP contribution in [0.1, 0.15) is 29.2 Å². The van der Waals surface area contributed by atoms with E-state index in [4.69, 9.17) is 9.47 Å². The van der Waals surface area contributed by atoms with E-state index < -0.39 is 46.5 Å². The number of phenols is 1. The lowest BCUT2D eigenvalue weighted by molar-refractivity contribution is -0.138. The Morgan fingerprint density at radius 1 is 0.849 bits per heavy atom. The van der Waals surface area contributed by atoms with Crippen molar-refractivity contribution in [3.8, 4) is 22.9 Å². The van der Waals surface area contributed by atoms with Gasteiger partial charge in [0.15, 0.2) is 11.5 Å². The van der Waals surface area contributed by atoms with Crippen LogP contribution in [-0.2, 0) is 21.5 Å². The van der Waals surface area contributed by atoms with Gasteiger partial charge in [0.25, 0.3) is 11.8 Å². The molecular weight excluding hydrogens is 674 g/mol. The lowest BCUT2D eigenvalue weighted by atomic mass is 9.54. The standard InChI is InChI=1S/C41H37N5O7/c1-25-14-17-28(18-15-25)42-45-37(48)32-24-33-30(20-21-43-39(50)44(40(51)46(33)43)29-12-8-5-9-13-29)31(41(32,38(45)49)27-10-6-4-7-11-27)19-16-26-22-34(52-2)36(47)35(23-26)53-3/h4-20,22-23,31-33,42,47H,21,24H2,1-3H3/t31-,32-,33+,41-/m0/s1. The van der Waals surface area contributed by atoms with Gasteiger partial charge in [-0.25, -0.2) is 23.5 Å². The Labute approximate surface area is 304 Å². The molecule has 0 bridgehead atoms. The number of ether oxygens (including phenoxy) is 2. The number of nitrogens with one attached hydrogen (secondary N) is 1. The van der Waals surface area contributed by atoms with Crippen molar-refractivity contribution >= 4 is 23.6 Å². The predicted octanol–water partition coefficient (Wildman–Crippen LogP) is 5.00. The van der Waals surface area contributed by atoms with Gasteiger partial charge in [-0.05, 0) is 66.4 Å². The molecule has 4 atom stereocenters. The quantitative estimate of drug-likeness (QED) is 0.170. The van der Waals surface area contributed by atoms with Crippen LogP contribution in [0, 0.1) is 18.8 Å². The van der Waals surface area contributed by atoms with Crippen LogP contribution in [0.3, 0.4) is 0 Å². The number of hydrazine groups is 1. The van der Waals surface area contributed by atoms with Crippen LogP contribution in [0.15, 0.2) is 124 Å². The zero-order valence-corrected chi connectivity index (χ0v) is 29.3. The minimum absolute atomic E-state index is 0.0773. The molecule has 3 aliphatic rings. The van der Waals surface area contributed by atoms with Crippen LogP contribution < -0.4 is 26.3 Å². The summed E-state index contributed by atoms with van der Waals surface area (Å²) in [6.07, 6.45) is 5.66. The Kier molecular flexibility index (Phi) is 8.17. The number of rotatable bonds is 8. The maximum absolute atomic E-state index is 15.2. The summed E-state index contributed by atoms with van der Waals surface area (Å²) in [6.45, 7) is 2.03. The number of imide groups is 1. The van der Waals surface area contributed by atoms with Gasteiger partial charge in [-0.15, -0.1) is 0 Å². The molecule has 0 unspecified atom stereocenters. The molecule has 12 heteroatoms. The summed E-state index contributed by atoms with van der Waals surface area (Å²) in [5.41, 5.74) is 4.62. The molecule has 2 fully saturated rings. The Bertz CT molecular complexity index is 2400. The number of benzene rings is 4. The molecule has 1 aromatic heterocycles. The average Bonchev–Trinajstić information content (AvgIpc) is 3.56. The van der Waals surface area contributed by atoms with Crippen LogP contribution in [-0.4, -0.2) is 50.1 Å². The maximum Gasteiger partial charge on any atom is 0.352 e. The summed E-state index contributed by atoms with van der Waals surface area (Å²) >= 11 is 0. The smallest absolute Gasteiger partial charge is 0.352 e. The number of phenolic OH excluding ortho intramolecular Hbond substituents is 1. The first-order valence-electron chi connectivity index (χ1n) is 17.3. The molecule has 12 nitrogen and oxygen atoms in total. The van der Waals surface area contributed by atoms with Crippen molar-refractivity contribution in [2.75, 3.05) is 19.6 Å². The van der Waals surface area contributed by atoms with Crippen LogP contribution >= 0.6 is 0 Å². The summed E-state index contributed by atoms with van der Waals surface area (Å²) < 4.78 is 14.8. The van der Waals surface area contributed by atoms with E-state index >= 15 is 4.79 Å². The second kappa shape index (κ2) is 12.9. The molecule has 53 heavy (non-hydrogen) atoms. The number of allylic oxidation sites excluding steroid dienone is 3.